The van der Waals surface area contributed by atoms with Crippen molar-refractivity contribution in [2.45, 2.75) is 38.3 Å². The van der Waals surface area contributed by atoms with Crippen molar-refractivity contribution >= 4 is 0 Å². The zero-order valence-corrected chi connectivity index (χ0v) is 11.2. The van der Waals surface area contributed by atoms with Gasteiger partial charge in [0.25, 0.3) is 0 Å². The fraction of sp³-hybridized carbons (Fsp3) is 0.643. The largest absolute Gasteiger partial charge is 0.318 e. The molecular weight excluding hydrogens is 229 g/mol. The first-order valence-electron chi connectivity index (χ1n) is 6.78. The Morgan fingerprint density at radius 3 is 3.00 bits per heavy atom. The molecular formula is C14H22FN3. The van der Waals surface area contributed by atoms with E-state index < -0.39 is 0 Å². The van der Waals surface area contributed by atoms with Crippen LogP contribution >= 0.6 is 0 Å². The zero-order valence-electron chi connectivity index (χ0n) is 11.2. The Morgan fingerprint density at radius 1 is 1.56 bits per heavy atom. The molecule has 2 atom stereocenters. The lowest BCUT2D eigenvalue weighted by Crippen LogP contribution is -2.39. The molecule has 4 heteroatoms. The molecule has 1 aliphatic heterocycles. The van der Waals surface area contributed by atoms with Gasteiger partial charge in [-0.3, -0.25) is 9.88 Å². The molecule has 2 rings (SSSR count). The van der Waals surface area contributed by atoms with Crippen LogP contribution in [-0.4, -0.2) is 36.1 Å². The van der Waals surface area contributed by atoms with Gasteiger partial charge in [0.2, 0.25) is 0 Å². The van der Waals surface area contributed by atoms with Crippen molar-refractivity contribution in [1.29, 1.82) is 0 Å². The first-order valence-corrected chi connectivity index (χ1v) is 6.78. The van der Waals surface area contributed by atoms with Gasteiger partial charge in [-0.05, 0) is 45.0 Å². The second-order valence-corrected chi connectivity index (χ2v) is 4.92. The lowest BCUT2D eigenvalue weighted by Gasteiger charge is -2.32. The Bertz CT molecular complexity index is 366. The summed E-state index contributed by atoms with van der Waals surface area (Å²) >= 11 is 0. The quantitative estimate of drug-likeness (QED) is 0.870. The number of hydrogen-bond donors (Lipinski definition) is 1. The van der Waals surface area contributed by atoms with Crippen LogP contribution in [0.1, 0.15) is 37.9 Å². The highest BCUT2D eigenvalue weighted by Crippen LogP contribution is 2.30. The molecule has 1 aliphatic rings. The van der Waals surface area contributed by atoms with Crippen LogP contribution in [0.5, 0.6) is 0 Å². The lowest BCUT2D eigenvalue weighted by atomic mass is 10.1. The van der Waals surface area contributed by atoms with Gasteiger partial charge in [0.05, 0.1) is 17.9 Å². The van der Waals surface area contributed by atoms with Crippen LogP contribution in [0, 0.1) is 5.82 Å². The highest BCUT2D eigenvalue weighted by molar-refractivity contribution is 5.11. The summed E-state index contributed by atoms with van der Waals surface area (Å²) in [4.78, 5) is 6.76. The van der Waals surface area contributed by atoms with E-state index in [1.165, 1.54) is 25.1 Å². The molecule has 2 heterocycles. The van der Waals surface area contributed by atoms with E-state index in [1.807, 2.05) is 13.1 Å². The Balaban J connectivity index is 2.14. The topological polar surface area (TPSA) is 28.2 Å². The Labute approximate surface area is 108 Å². The summed E-state index contributed by atoms with van der Waals surface area (Å²) in [6.07, 6.45) is 4.81. The molecule has 1 aromatic heterocycles. The van der Waals surface area contributed by atoms with E-state index in [1.54, 1.807) is 0 Å². The highest BCUT2D eigenvalue weighted by Gasteiger charge is 2.30. The average Bonchev–Trinajstić information content (AvgIpc) is 2.82. The van der Waals surface area contributed by atoms with Gasteiger partial charge in [0, 0.05) is 12.6 Å². The van der Waals surface area contributed by atoms with E-state index in [9.17, 15) is 4.39 Å². The second-order valence-electron chi connectivity index (χ2n) is 4.92. The second kappa shape index (κ2) is 6.25. The molecule has 0 spiro atoms. The first-order chi connectivity index (χ1) is 8.76. The molecule has 1 N–H and O–H groups in total. The maximum Gasteiger partial charge on any atom is 0.141 e. The van der Waals surface area contributed by atoms with Crippen LogP contribution in [0.4, 0.5) is 4.39 Å². The van der Waals surface area contributed by atoms with Crippen molar-refractivity contribution in [2.75, 3.05) is 20.1 Å². The fourth-order valence-electron chi connectivity index (χ4n) is 2.92. The fourth-order valence-corrected chi connectivity index (χ4v) is 2.92. The molecule has 0 aromatic carbocycles. The minimum atomic E-state index is -0.262. The van der Waals surface area contributed by atoms with Gasteiger partial charge in [0.15, 0.2) is 0 Å². The molecule has 18 heavy (non-hydrogen) atoms. The van der Waals surface area contributed by atoms with Crippen LogP contribution in [0.3, 0.4) is 0 Å². The minimum Gasteiger partial charge on any atom is -0.318 e. The molecule has 0 aliphatic carbocycles. The van der Waals surface area contributed by atoms with Crippen LogP contribution in [-0.2, 0) is 0 Å². The van der Waals surface area contributed by atoms with Gasteiger partial charge in [-0.25, -0.2) is 4.39 Å². The number of nitrogens with zero attached hydrogens (tertiary/aromatic N) is 2. The van der Waals surface area contributed by atoms with Crippen molar-refractivity contribution in [3.63, 3.8) is 0 Å². The SMILES string of the molecule is CCC(c1ccc(F)cn1)N1CCCC1CNC. The van der Waals surface area contributed by atoms with Crippen LogP contribution in [0.2, 0.25) is 0 Å². The zero-order chi connectivity index (χ0) is 13.0. The maximum absolute atomic E-state index is 12.9. The molecule has 0 radical (unpaired) electrons. The molecule has 1 saturated heterocycles. The molecule has 0 amide bonds. The smallest absolute Gasteiger partial charge is 0.141 e. The van der Waals surface area contributed by atoms with Crippen LogP contribution in [0.25, 0.3) is 0 Å². The van der Waals surface area contributed by atoms with Gasteiger partial charge < -0.3 is 5.32 Å². The monoisotopic (exact) mass is 251 g/mol. The van der Waals surface area contributed by atoms with Crippen molar-refractivity contribution in [3.8, 4) is 0 Å². The Morgan fingerprint density at radius 2 is 2.39 bits per heavy atom. The number of hydrogen-bond acceptors (Lipinski definition) is 3. The molecule has 0 bridgehead atoms. The number of halogens is 1. The van der Waals surface area contributed by atoms with Gasteiger partial charge >= 0.3 is 0 Å². The van der Waals surface area contributed by atoms with Gasteiger partial charge in [-0.1, -0.05) is 6.92 Å². The van der Waals surface area contributed by atoms with Gasteiger partial charge in [-0.15, -0.1) is 0 Å². The summed E-state index contributed by atoms with van der Waals surface area (Å²) in [5.74, 6) is -0.262. The number of pyridine rings is 1. The van der Waals surface area contributed by atoms with E-state index in [4.69, 9.17) is 0 Å². The summed E-state index contributed by atoms with van der Waals surface area (Å²) in [5.41, 5.74) is 0.988. The van der Waals surface area contributed by atoms with Crippen LogP contribution < -0.4 is 5.32 Å². The van der Waals surface area contributed by atoms with Crippen molar-refractivity contribution < 1.29 is 4.39 Å². The van der Waals surface area contributed by atoms with E-state index >= 15 is 0 Å². The highest BCUT2D eigenvalue weighted by atomic mass is 19.1. The molecule has 1 fully saturated rings. The summed E-state index contributed by atoms with van der Waals surface area (Å²) in [7, 11) is 1.99. The predicted molar refractivity (Wildman–Crippen MR) is 70.9 cm³/mol. The number of nitrogens with one attached hydrogen (secondary N) is 1. The Hall–Kier alpha value is -1.00. The predicted octanol–water partition coefficient (Wildman–Crippen LogP) is 2.36. The molecule has 2 unspecified atom stereocenters. The van der Waals surface area contributed by atoms with E-state index in [2.05, 4.69) is 22.1 Å². The Kier molecular flexibility index (Phi) is 4.66. The summed E-state index contributed by atoms with van der Waals surface area (Å²) in [6.45, 7) is 4.30. The summed E-state index contributed by atoms with van der Waals surface area (Å²) in [5, 5.41) is 3.26. The van der Waals surface area contributed by atoms with E-state index in [0.29, 0.717) is 12.1 Å². The van der Waals surface area contributed by atoms with Gasteiger partial charge in [-0.2, -0.15) is 0 Å². The third-order valence-electron chi connectivity index (χ3n) is 3.74. The van der Waals surface area contributed by atoms with Crippen molar-refractivity contribution in [2.24, 2.45) is 0 Å². The van der Waals surface area contributed by atoms with Crippen molar-refractivity contribution in [1.82, 2.24) is 15.2 Å². The maximum atomic E-state index is 12.9. The average molecular weight is 251 g/mol. The molecule has 0 saturated carbocycles. The van der Waals surface area contributed by atoms with Gasteiger partial charge in [0.1, 0.15) is 5.82 Å². The lowest BCUT2D eigenvalue weighted by molar-refractivity contribution is 0.170. The van der Waals surface area contributed by atoms with E-state index in [-0.39, 0.29) is 5.82 Å². The van der Waals surface area contributed by atoms with E-state index in [0.717, 1.165) is 25.2 Å². The van der Waals surface area contributed by atoms with Crippen LogP contribution in [0.15, 0.2) is 18.3 Å². The number of rotatable bonds is 5. The standard InChI is InChI=1S/C14H22FN3/c1-3-14(13-7-6-11(15)9-17-13)18-8-4-5-12(18)10-16-2/h6-7,9,12,14,16H,3-5,8,10H2,1-2H3. The third kappa shape index (κ3) is 2.87. The minimum absolute atomic E-state index is 0.262. The first kappa shape index (κ1) is 13.4. The number of likely N-dealkylation sites (N-methyl/N-ethyl adjacent to an activating group) is 1. The van der Waals surface area contributed by atoms with Crippen molar-refractivity contribution in [3.05, 3.63) is 29.8 Å². The number of likely N-dealkylation sites (tertiary alicyclic amines) is 1. The third-order valence-corrected chi connectivity index (χ3v) is 3.74. The summed E-state index contributed by atoms with van der Waals surface area (Å²) < 4.78 is 12.9. The number of aromatic nitrogens is 1. The molecule has 1 aromatic rings. The molecule has 100 valence electrons. The molecule has 3 nitrogen and oxygen atoms in total. The summed E-state index contributed by atoms with van der Waals surface area (Å²) in [6, 6.07) is 4.21. The normalized spacial score (nSPS) is 22.3.